The molecule has 0 unspecified atom stereocenters. The van der Waals surface area contributed by atoms with Crippen molar-refractivity contribution in [3.05, 3.63) is 66.4 Å². The third kappa shape index (κ3) is 3.36. The zero-order valence-electron chi connectivity index (χ0n) is 13.8. The molecule has 2 aromatic carbocycles. The Morgan fingerprint density at radius 1 is 1.12 bits per heavy atom. The van der Waals surface area contributed by atoms with Crippen LogP contribution in [-0.4, -0.2) is 27.7 Å². The van der Waals surface area contributed by atoms with Gasteiger partial charge in [-0.05, 0) is 24.3 Å². The number of benzene rings is 2. The van der Waals surface area contributed by atoms with E-state index in [4.69, 9.17) is 10.00 Å². The molecule has 0 saturated carbocycles. The van der Waals surface area contributed by atoms with Gasteiger partial charge in [0.1, 0.15) is 12.4 Å². The first-order valence-corrected chi connectivity index (χ1v) is 8.92. The van der Waals surface area contributed by atoms with E-state index in [1.807, 2.05) is 47.0 Å². The number of para-hydroxylation sites is 1. The second-order valence-electron chi connectivity index (χ2n) is 5.52. The van der Waals surface area contributed by atoms with E-state index in [0.29, 0.717) is 18.7 Å². The quantitative estimate of drug-likeness (QED) is 0.528. The third-order valence-corrected chi connectivity index (χ3v) is 4.67. The smallest absolute Gasteiger partial charge is 0.214 e. The van der Waals surface area contributed by atoms with E-state index in [9.17, 15) is 0 Å². The highest BCUT2D eigenvalue weighted by Gasteiger charge is 2.11. The number of hydrogen-bond acceptors (Lipinski definition) is 6. The van der Waals surface area contributed by atoms with E-state index in [1.54, 1.807) is 18.3 Å². The van der Waals surface area contributed by atoms with Gasteiger partial charge < -0.3 is 10.1 Å². The first-order chi connectivity index (χ1) is 12.8. The summed E-state index contributed by atoms with van der Waals surface area (Å²) in [6.45, 7) is 1.20. The Balaban J connectivity index is 1.43. The number of nitrogens with zero attached hydrogens (tertiary/aromatic N) is 4. The predicted octanol–water partition coefficient (Wildman–Crippen LogP) is 3.82. The molecule has 2 aromatic heterocycles. The summed E-state index contributed by atoms with van der Waals surface area (Å²) in [6.07, 6.45) is 1.79. The second-order valence-corrected chi connectivity index (χ2v) is 6.48. The van der Waals surface area contributed by atoms with Crippen LogP contribution in [0.25, 0.3) is 16.2 Å². The Bertz CT molecular complexity index is 1050. The lowest BCUT2D eigenvalue weighted by molar-refractivity contribution is 0.333. The number of anilines is 1. The van der Waals surface area contributed by atoms with Gasteiger partial charge in [-0.3, -0.25) is 0 Å². The van der Waals surface area contributed by atoms with Crippen LogP contribution in [0.2, 0.25) is 0 Å². The molecule has 4 rings (SSSR count). The molecule has 7 heteroatoms. The number of aromatic nitrogens is 3. The fraction of sp³-hybridized carbons (Fsp3) is 0.105. The van der Waals surface area contributed by atoms with Gasteiger partial charge in [-0.15, -0.1) is 5.10 Å². The molecule has 128 valence electrons. The Morgan fingerprint density at radius 2 is 1.92 bits per heavy atom. The van der Waals surface area contributed by atoms with E-state index in [1.165, 1.54) is 11.3 Å². The topological polar surface area (TPSA) is 75.2 Å². The van der Waals surface area contributed by atoms with Crippen molar-refractivity contribution in [3.63, 3.8) is 0 Å². The largest absolute Gasteiger partial charge is 0.492 e. The predicted molar refractivity (Wildman–Crippen MR) is 101 cm³/mol. The summed E-state index contributed by atoms with van der Waals surface area (Å²) in [5.74, 6) is 0.853. The van der Waals surface area contributed by atoms with Crippen LogP contribution in [0.15, 0.2) is 60.8 Å². The summed E-state index contributed by atoms with van der Waals surface area (Å²) in [4.78, 5) is 5.23. The average Bonchev–Trinajstić information content (AvgIpc) is 3.26. The standard InChI is InChI=1S/C19H15N5OS/c20-12-14-6-8-15(9-7-14)17-13-22-19-24(17)23-18(26-19)21-10-11-25-16-4-2-1-3-5-16/h1-9,13H,10-11H2,(H,21,23). The first kappa shape index (κ1) is 16.1. The van der Waals surface area contributed by atoms with E-state index in [2.05, 4.69) is 21.5 Å². The van der Waals surface area contributed by atoms with Gasteiger partial charge in [0.05, 0.1) is 30.1 Å². The second kappa shape index (κ2) is 7.25. The average molecular weight is 361 g/mol. The number of fused-ring (bicyclic) bond motifs is 1. The molecular weight excluding hydrogens is 346 g/mol. The molecule has 0 aliphatic carbocycles. The Kier molecular flexibility index (Phi) is 4.50. The van der Waals surface area contributed by atoms with Crippen molar-refractivity contribution in [3.8, 4) is 23.1 Å². The molecule has 0 radical (unpaired) electrons. The Morgan fingerprint density at radius 3 is 2.69 bits per heavy atom. The summed E-state index contributed by atoms with van der Waals surface area (Å²) < 4.78 is 7.48. The zero-order valence-corrected chi connectivity index (χ0v) is 14.6. The van der Waals surface area contributed by atoms with Crippen molar-refractivity contribution >= 4 is 21.4 Å². The normalized spacial score (nSPS) is 10.6. The van der Waals surface area contributed by atoms with Crippen LogP contribution >= 0.6 is 11.3 Å². The highest BCUT2D eigenvalue weighted by molar-refractivity contribution is 7.20. The van der Waals surface area contributed by atoms with Crippen LogP contribution in [0, 0.1) is 11.3 Å². The maximum absolute atomic E-state index is 8.91. The molecule has 1 N–H and O–H groups in total. The maximum atomic E-state index is 8.91. The first-order valence-electron chi connectivity index (χ1n) is 8.10. The van der Waals surface area contributed by atoms with E-state index < -0.39 is 0 Å². The summed E-state index contributed by atoms with van der Waals surface area (Å²) in [5, 5.41) is 17.5. The number of nitriles is 1. The van der Waals surface area contributed by atoms with Crippen molar-refractivity contribution in [1.82, 2.24) is 14.6 Å². The van der Waals surface area contributed by atoms with Crippen molar-refractivity contribution in [2.75, 3.05) is 18.5 Å². The van der Waals surface area contributed by atoms with Crippen molar-refractivity contribution in [2.45, 2.75) is 0 Å². The van der Waals surface area contributed by atoms with Crippen LogP contribution in [-0.2, 0) is 0 Å². The molecule has 26 heavy (non-hydrogen) atoms. The van der Waals surface area contributed by atoms with Crippen LogP contribution in [0.3, 0.4) is 0 Å². The molecule has 0 bridgehead atoms. The summed E-state index contributed by atoms with van der Waals surface area (Å²) in [5.41, 5.74) is 2.50. The molecule has 2 heterocycles. The lowest BCUT2D eigenvalue weighted by atomic mass is 10.1. The molecule has 0 fully saturated rings. The van der Waals surface area contributed by atoms with Gasteiger partial charge in [-0.1, -0.05) is 41.7 Å². The number of hydrogen-bond donors (Lipinski definition) is 1. The molecule has 6 nitrogen and oxygen atoms in total. The minimum absolute atomic E-state index is 0.550. The van der Waals surface area contributed by atoms with E-state index in [0.717, 1.165) is 27.1 Å². The van der Waals surface area contributed by atoms with Crippen LogP contribution in [0.4, 0.5) is 5.13 Å². The number of rotatable bonds is 6. The molecule has 0 aliphatic heterocycles. The summed E-state index contributed by atoms with van der Waals surface area (Å²) in [7, 11) is 0. The van der Waals surface area contributed by atoms with Gasteiger partial charge in [0.15, 0.2) is 0 Å². The SMILES string of the molecule is N#Cc1ccc(-c2cnc3sc(NCCOc4ccccc4)nn23)cc1. The number of imidazole rings is 1. The van der Waals surface area contributed by atoms with Gasteiger partial charge in [-0.25, -0.2) is 9.50 Å². The molecule has 0 aliphatic rings. The lowest BCUT2D eigenvalue weighted by Crippen LogP contribution is -2.11. The molecule has 0 spiro atoms. The van der Waals surface area contributed by atoms with Crippen molar-refractivity contribution < 1.29 is 4.74 Å². The van der Waals surface area contributed by atoms with E-state index in [-0.39, 0.29) is 0 Å². The molecule has 0 amide bonds. The van der Waals surface area contributed by atoms with Crippen molar-refractivity contribution in [1.29, 1.82) is 5.26 Å². The van der Waals surface area contributed by atoms with Gasteiger partial charge in [0.25, 0.3) is 0 Å². The highest BCUT2D eigenvalue weighted by atomic mass is 32.1. The molecular formula is C19H15N5OS. The van der Waals surface area contributed by atoms with Crippen molar-refractivity contribution in [2.24, 2.45) is 0 Å². The Hall–Kier alpha value is -3.37. The fourth-order valence-corrected chi connectivity index (χ4v) is 3.32. The fourth-order valence-electron chi connectivity index (χ4n) is 2.52. The van der Waals surface area contributed by atoms with E-state index >= 15 is 0 Å². The summed E-state index contributed by atoms with van der Waals surface area (Å²) in [6, 6.07) is 19.2. The third-order valence-electron chi connectivity index (χ3n) is 3.79. The van der Waals surface area contributed by atoms with Gasteiger partial charge in [0.2, 0.25) is 10.1 Å². The highest BCUT2D eigenvalue weighted by Crippen LogP contribution is 2.26. The van der Waals surface area contributed by atoms with Gasteiger partial charge in [0, 0.05) is 5.56 Å². The minimum atomic E-state index is 0.550. The van der Waals surface area contributed by atoms with Gasteiger partial charge >= 0.3 is 0 Å². The molecule has 0 saturated heterocycles. The lowest BCUT2D eigenvalue weighted by Gasteiger charge is -2.05. The molecule has 0 atom stereocenters. The van der Waals surface area contributed by atoms with Crippen LogP contribution in [0.5, 0.6) is 5.75 Å². The number of nitrogens with one attached hydrogen (secondary N) is 1. The molecule has 4 aromatic rings. The number of ether oxygens (including phenoxy) is 1. The zero-order chi connectivity index (χ0) is 17.8. The van der Waals surface area contributed by atoms with Gasteiger partial charge in [-0.2, -0.15) is 5.26 Å². The minimum Gasteiger partial charge on any atom is -0.492 e. The monoisotopic (exact) mass is 361 g/mol. The Labute approximate surface area is 154 Å². The van der Waals surface area contributed by atoms with Crippen LogP contribution in [0.1, 0.15) is 5.56 Å². The van der Waals surface area contributed by atoms with Crippen LogP contribution < -0.4 is 10.1 Å². The summed E-state index contributed by atoms with van der Waals surface area (Å²) >= 11 is 1.49. The maximum Gasteiger partial charge on any atom is 0.214 e.